The van der Waals surface area contributed by atoms with Gasteiger partial charge in [0, 0.05) is 11.8 Å². The highest BCUT2D eigenvalue weighted by Crippen LogP contribution is 2.09. The summed E-state index contributed by atoms with van der Waals surface area (Å²) in [6.07, 6.45) is 0. The van der Waals surface area contributed by atoms with Gasteiger partial charge in [-0.1, -0.05) is 0 Å². The number of hydrogen-bond acceptors (Lipinski definition) is 1. The van der Waals surface area contributed by atoms with Gasteiger partial charge < -0.3 is 5.73 Å². The van der Waals surface area contributed by atoms with Crippen molar-refractivity contribution in [1.29, 1.82) is 0 Å². The van der Waals surface area contributed by atoms with E-state index in [0.717, 1.165) is 5.69 Å². The van der Waals surface area contributed by atoms with Crippen molar-refractivity contribution in [3.05, 3.63) is 29.3 Å². The van der Waals surface area contributed by atoms with Gasteiger partial charge >= 0.3 is 0 Å². The fraction of sp³-hybridized carbons (Fsp3) is 0.250. The van der Waals surface area contributed by atoms with E-state index in [1.807, 2.05) is 26.0 Å². The van der Waals surface area contributed by atoms with Crippen LogP contribution in [0, 0.1) is 19.9 Å². The van der Waals surface area contributed by atoms with E-state index in [1.165, 1.54) is 11.1 Å². The molecule has 1 radical (unpaired) electrons. The molecular weight excluding hydrogens is 110 g/mol. The molecule has 0 saturated heterocycles. The Hall–Kier alpha value is -0.980. The van der Waals surface area contributed by atoms with Crippen LogP contribution in [0.25, 0.3) is 0 Å². The van der Waals surface area contributed by atoms with Crippen molar-refractivity contribution in [2.75, 3.05) is 5.73 Å². The average Bonchev–Trinajstić information content (AvgIpc) is 1.80. The van der Waals surface area contributed by atoms with E-state index < -0.39 is 0 Å². The first kappa shape index (κ1) is 6.14. The molecule has 0 aliphatic heterocycles. The number of rotatable bonds is 0. The zero-order valence-electron chi connectivity index (χ0n) is 5.73. The zero-order chi connectivity index (χ0) is 6.85. The van der Waals surface area contributed by atoms with Crippen molar-refractivity contribution in [3.63, 3.8) is 0 Å². The van der Waals surface area contributed by atoms with Crippen LogP contribution in [0.2, 0.25) is 0 Å². The molecule has 0 bridgehead atoms. The number of hydrogen-bond donors (Lipinski definition) is 1. The molecule has 2 N–H and O–H groups in total. The van der Waals surface area contributed by atoms with Crippen LogP contribution in [0.3, 0.4) is 0 Å². The zero-order valence-corrected chi connectivity index (χ0v) is 5.73. The number of aryl methyl sites for hydroxylation is 2. The maximum Gasteiger partial charge on any atom is 0.0397 e. The van der Waals surface area contributed by atoms with Crippen molar-refractivity contribution >= 4 is 5.69 Å². The molecule has 0 unspecified atom stereocenters. The number of anilines is 1. The van der Waals surface area contributed by atoms with Gasteiger partial charge in [0.15, 0.2) is 0 Å². The molecule has 1 aromatic rings. The molecule has 0 atom stereocenters. The van der Waals surface area contributed by atoms with Gasteiger partial charge in [0.2, 0.25) is 0 Å². The van der Waals surface area contributed by atoms with E-state index in [0.29, 0.717) is 0 Å². The minimum absolute atomic E-state index is 0.720. The Morgan fingerprint density at radius 1 is 1.33 bits per heavy atom. The predicted molar refractivity (Wildman–Crippen MR) is 39.2 cm³/mol. The van der Waals surface area contributed by atoms with E-state index >= 15 is 0 Å². The summed E-state index contributed by atoms with van der Waals surface area (Å²) in [6, 6.07) is 6.75. The summed E-state index contributed by atoms with van der Waals surface area (Å²) in [6.45, 7) is 4.09. The van der Waals surface area contributed by atoms with Crippen LogP contribution in [0.5, 0.6) is 0 Å². The van der Waals surface area contributed by atoms with Gasteiger partial charge in [-0.05, 0) is 37.1 Å². The molecule has 47 valence electrons. The minimum atomic E-state index is 0.720. The molecule has 0 fully saturated rings. The first-order valence-corrected chi connectivity index (χ1v) is 2.94. The Bertz CT molecular complexity index is 216. The molecule has 1 heteroatoms. The van der Waals surface area contributed by atoms with Gasteiger partial charge in [-0.15, -0.1) is 0 Å². The largest absolute Gasteiger partial charge is 0.398 e. The summed E-state index contributed by atoms with van der Waals surface area (Å²) in [5.41, 5.74) is 8.66. The lowest BCUT2D eigenvalue weighted by Crippen LogP contribution is -1.87. The van der Waals surface area contributed by atoms with Gasteiger partial charge in [-0.25, -0.2) is 0 Å². The minimum Gasteiger partial charge on any atom is -0.398 e. The van der Waals surface area contributed by atoms with Gasteiger partial charge in [0.05, 0.1) is 0 Å². The average molecular weight is 120 g/mol. The lowest BCUT2D eigenvalue weighted by atomic mass is 10.1. The van der Waals surface area contributed by atoms with Crippen LogP contribution in [-0.2, 0) is 0 Å². The molecule has 1 nitrogen and oxygen atoms in total. The fourth-order valence-corrected chi connectivity index (χ4v) is 0.694. The summed E-state index contributed by atoms with van der Waals surface area (Å²) in [5.74, 6) is 0. The molecule has 1 aromatic carbocycles. The number of nitrogens with two attached hydrogens (primary N) is 1. The normalized spacial score (nSPS) is 9.56. The smallest absolute Gasteiger partial charge is 0.0397 e. The molecule has 9 heavy (non-hydrogen) atoms. The highest BCUT2D eigenvalue weighted by molar-refractivity contribution is 5.42. The van der Waals surface area contributed by atoms with Crippen LogP contribution in [0.15, 0.2) is 12.1 Å². The maximum absolute atomic E-state index is 5.47. The first-order chi connectivity index (χ1) is 4.20. The second kappa shape index (κ2) is 2.09. The molecule has 0 heterocycles. The van der Waals surface area contributed by atoms with Gasteiger partial charge in [0.1, 0.15) is 0 Å². The standard InChI is InChI=1S/C8H10N/c1-6-3-4-8(9)5-7(6)2/h3,5H,9H2,1-2H3. The number of benzene rings is 1. The van der Waals surface area contributed by atoms with E-state index in [9.17, 15) is 0 Å². The summed E-state index contributed by atoms with van der Waals surface area (Å²) in [7, 11) is 0. The third-order valence-corrected chi connectivity index (χ3v) is 1.45. The van der Waals surface area contributed by atoms with Crippen molar-refractivity contribution in [2.24, 2.45) is 0 Å². The third-order valence-electron chi connectivity index (χ3n) is 1.45. The maximum atomic E-state index is 5.47. The topological polar surface area (TPSA) is 26.0 Å². The van der Waals surface area contributed by atoms with Gasteiger partial charge in [0.25, 0.3) is 0 Å². The van der Waals surface area contributed by atoms with Gasteiger partial charge in [-0.3, -0.25) is 0 Å². The molecule has 0 aliphatic rings. The molecule has 0 spiro atoms. The monoisotopic (exact) mass is 120 g/mol. The molecular formula is C8H10N. The lowest BCUT2D eigenvalue weighted by molar-refractivity contribution is 1.34. The van der Waals surface area contributed by atoms with Gasteiger partial charge in [-0.2, -0.15) is 0 Å². The molecule has 0 saturated carbocycles. The SMILES string of the molecule is Cc1c[c]c(N)cc1C. The molecule has 0 aromatic heterocycles. The molecule has 1 rings (SSSR count). The van der Waals surface area contributed by atoms with E-state index in [4.69, 9.17) is 5.73 Å². The summed E-state index contributed by atoms with van der Waals surface area (Å²) in [5, 5.41) is 0. The van der Waals surface area contributed by atoms with Crippen LogP contribution >= 0.6 is 0 Å². The van der Waals surface area contributed by atoms with E-state index in [2.05, 4.69) is 6.07 Å². The van der Waals surface area contributed by atoms with Crippen LogP contribution in [0.4, 0.5) is 5.69 Å². The predicted octanol–water partition coefficient (Wildman–Crippen LogP) is 1.69. The van der Waals surface area contributed by atoms with E-state index in [1.54, 1.807) is 0 Å². The Morgan fingerprint density at radius 2 is 2.00 bits per heavy atom. The second-order valence-corrected chi connectivity index (χ2v) is 2.25. The van der Waals surface area contributed by atoms with Crippen LogP contribution < -0.4 is 5.73 Å². The highest BCUT2D eigenvalue weighted by Gasteiger charge is 1.90. The van der Waals surface area contributed by atoms with Crippen molar-refractivity contribution in [1.82, 2.24) is 0 Å². The third kappa shape index (κ3) is 1.22. The summed E-state index contributed by atoms with van der Waals surface area (Å²) >= 11 is 0. The fourth-order valence-electron chi connectivity index (χ4n) is 0.694. The molecule has 0 aliphatic carbocycles. The summed E-state index contributed by atoms with van der Waals surface area (Å²) < 4.78 is 0. The van der Waals surface area contributed by atoms with Crippen molar-refractivity contribution < 1.29 is 0 Å². The lowest BCUT2D eigenvalue weighted by Gasteiger charge is -1.97. The van der Waals surface area contributed by atoms with E-state index in [-0.39, 0.29) is 0 Å². The Kier molecular flexibility index (Phi) is 1.43. The number of nitrogen functional groups attached to an aromatic ring is 1. The highest BCUT2D eigenvalue weighted by atomic mass is 14.5. The first-order valence-electron chi connectivity index (χ1n) is 2.94. The van der Waals surface area contributed by atoms with Crippen LogP contribution in [-0.4, -0.2) is 0 Å². The summed E-state index contributed by atoms with van der Waals surface area (Å²) in [4.78, 5) is 0. The molecule has 0 amide bonds. The van der Waals surface area contributed by atoms with Crippen molar-refractivity contribution in [3.8, 4) is 0 Å². The van der Waals surface area contributed by atoms with Crippen LogP contribution in [0.1, 0.15) is 11.1 Å². The Labute approximate surface area is 55.5 Å². The Morgan fingerprint density at radius 3 is 2.44 bits per heavy atom. The second-order valence-electron chi connectivity index (χ2n) is 2.25. The van der Waals surface area contributed by atoms with Crippen molar-refractivity contribution in [2.45, 2.75) is 13.8 Å². The quantitative estimate of drug-likeness (QED) is 0.518. The Balaban J connectivity index is 3.17.